The third kappa shape index (κ3) is 1.33. The Hall–Kier alpha value is -1.80. The molecule has 0 radical (unpaired) electrons. The van der Waals surface area contributed by atoms with Gasteiger partial charge in [0.15, 0.2) is 5.70 Å². The monoisotopic (exact) mass is 267 g/mol. The first-order valence-corrected chi connectivity index (χ1v) is 6.09. The first-order chi connectivity index (χ1) is 8.65. The molecule has 1 saturated heterocycles. The zero-order valence-corrected chi connectivity index (χ0v) is 9.87. The molecule has 2 N–H and O–H groups in total. The second-order valence-electron chi connectivity index (χ2n) is 3.93. The van der Waals surface area contributed by atoms with Crippen molar-refractivity contribution < 1.29 is 19.8 Å². The van der Waals surface area contributed by atoms with Gasteiger partial charge in [-0.25, -0.2) is 9.78 Å². The van der Waals surface area contributed by atoms with Crippen LogP contribution in [0.3, 0.4) is 0 Å². The summed E-state index contributed by atoms with van der Waals surface area (Å²) in [5.41, 5.74) is -0.0438. The Labute approximate surface area is 106 Å². The first kappa shape index (κ1) is 11.3. The average molecular weight is 267 g/mol. The number of carboxylic acid groups (broad SMARTS) is 1. The third-order valence-electron chi connectivity index (χ3n) is 2.97. The topological polar surface area (TPSA) is 95.7 Å². The number of thioether (sulfide) groups is 1. The number of aliphatic hydroxyl groups is 1. The molecule has 2 aliphatic rings. The molecule has 0 saturated carbocycles. The predicted molar refractivity (Wildman–Crippen MR) is 61.9 cm³/mol. The number of fused-ring (bicyclic) bond motifs is 1. The van der Waals surface area contributed by atoms with Crippen LogP contribution in [0.2, 0.25) is 0 Å². The van der Waals surface area contributed by atoms with Crippen LogP contribution in [0.15, 0.2) is 24.4 Å². The van der Waals surface area contributed by atoms with Gasteiger partial charge in [0.25, 0.3) is 0 Å². The number of hydrogen-bond acceptors (Lipinski definition) is 5. The SMILES string of the molecule is O=C(O)C1=C(n2ccnc2)S[C@@H]2[C@@H](CO)C(=O)N12. The minimum atomic E-state index is -1.15. The molecule has 0 bridgehead atoms. The molecule has 3 rings (SSSR count). The maximum atomic E-state index is 11.7. The van der Waals surface area contributed by atoms with Gasteiger partial charge in [-0.15, -0.1) is 0 Å². The van der Waals surface area contributed by atoms with E-state index in [0.717, 1.165) is 0 Å². The van der Waals surface area contributed by atoms with Gasteiger partial charge in [-0.1, -0.05) is 11.8 Å². The molecule has 1 aromatic rings. The number of carbonyl (C=O) groups is 2. The highest BCUT2D eigenvalue weighted by Gasteiger charge is 2.56. The third-order valence-corrected chi connectivity index (χ3v) is 4.38. The van der Waals surface area contributed by atoms with E-state index in [4.69, 9.17) is 5.11 Å². The van der Waals surface area contributed by atoms with Gasteiger partial charge in [-0.2, -0.15) is 0 Å². The number of nitrogens with zero attached hydrogens (tertiary/aromatic N) is 3. The molecule has 7 nitrogen and oxygen atoms in total. The van der Waals surface area contributed by atoms with E-state index in [1.807, 2.05) is 0 Å². The van der Waals surface area contributed by atoms with Crippen molar-refractivity contribution in [3.05, 3.63) is 24.4 Å². The van der Waals surface area contributed by atoms with Gasteiger partial charge in [0.2, 0.25) is 5.91 Å². The van der Waals surface area contributed by atoms with Crippen LogP contribution >= 0.6 is 11.8 Å². The number of aliphatic hydroxyl groups excluding tert-OH is 1. The average Bonchev–Trinajstić information content (AvgIpc) is 2.93. The molecular weight excluding hydrogens is 258 g/mol. The lowest BCUT2D eigenvalue weighted by atomic mass is 9.98. The predicted octanol–water partition coefficient (Wildman–Crippen LogP) is -0.383. The van der Waals surface area contributed by atoms with Crippen molar-refractivity contribution in [3.63, 3.8) is 0 Å². The van der Waals surface area contributed by atoms with Crippen molar-refractivity contribution >= 4 is 28.7 Å². The number of carboxylic acids is 1. The Kier molecular flexibility index (Phi) is 2.42. The van der Waals surface area contributed by atoms with Gasteiger partial charge >= 0.3 is 5.97 Å². The minimum Gasteiger partial charge on any atom is -0.476 e. The molecule has 1 fully saturated rings. The number of β-lactam (4-membered cyclic amide) rings is 1. The molecule has 0 unspecified atom stereocenters. The second kappa shape index (κ2) is 3.85. The van der Waals surface area contributed by atoms with Gasteiger partial charge < -0.3 is 10.2 Å². The fourth-order valence-electron chi connectivity index (χ4n) is 2.09. The van der Waals surface area contributed by atoms with Gasteiger partial charge in [-0.05, 0) is 0 Å². The van der Waals surface area contributed by atoms with E-state index >= 15 is 0 Å². The molecule has 0 aliphatic carbocycles. The summed E-state index contributed by atoms with van der Waals surface area (Å²) >= 11 is 1.26. The molecule has 3 heterocycles. The molecule has 94 valence electrons. The number of imidazole rings is 1. The maximum absolute atomic E-state index is 11.7. The Morgan fingerprint density at radius 1 is 1.56 bits per heavy atom. The van der Waals surface area contributed by atoms with E-state index in [1.54, 1.807) is 10.8 Å². The molecule has 18 heavy (non-hydrogen) atoms. The second-order valence-corrected chi connectivity index (χ2v) is 5.04. The molecule has 2 atom stereocenters. The Morgan fingerprint density at radius 2 is 2.33 bits per heavy atom. The normalized spacial score (nSPS) is 26.3. The highest BCUT2D eigenvalue weighted by atomic mass is 32.2. The number of hydrogen-bond donors (Lipinski definition) is 2. The van der Waals surface area contributed by atoms with Crippen LogP contribution in [0.4, 0.5) is 0 Å². The van der Waals surface area contributed by atoms with Crippen molar-refractivity contribution in [2.75, 3.05) is 6.61 Å². The summed E-state index contributed by atoms with van der Waals surface area (Å²) in [6, 6.07) is 0. The van der Waals surface area contributed by atoms with Crippen molar-refractivity contribution in [2.24, 2.45) is 5.92 Å². The van der Waals surface area contributed by atoms with E-state index in [-0.39, 0.29) is 23.6 Å². The van der Waals surface area contributed by atoms with E-state index in [2.05, 4.69) is 4.98 Å². The van der Waals surface area contributed by atoms with Gasteiger partial charge in [0, 0.05) is 12.4 Å². The smallest absolute Gasteiger partial charge is 0.355 e. The zero-order valence-electron chi connectivity index (χ0n) is 9.05. The van der Waals surface area contributed by atoms with Crippen molar-refractivity contribution in [3.8, 4) is 0 Å². The number of aliphatic carboxylic acids is 1. The molecule has 1 aromatic heterocycles. The highest BCUT2D eigenvalue weighted by molar-refractivity contribution is 8.08. The summed E-state index contributed by atoms with van der Waals surface area (Å²) in [4.78, 5) is 28.1. The standard InChI is InChI=1S/C10H9N3O4S/c14-3-5-7(15)13-6(10(16)17)9(18-8(5)13)12-2-1-11-4-12/h1-2,4-5,8,14H,3H2,(H,16,17)/t5-,8+/m0/s1. The fraction of sp³-hybridized carbons (Fsp3) is 0.300. The lowest BCUT2D eigenvalue weighted by Crippen LogP contribution is -2.58. The summed E-state index contributed by atoms with van der Waals surface area (Å²) in [6.07, 6.45) is 4.64. The molecule has 2 aliphatic heterocycles. The van der Waals surface area contributed by atoms with E-state index in [9.17, 15) is 14.7 Å². The lowest BCUT2D eigenvalue weighted by Gasteiger charge is -2.40. The molecule has 0 spiro atoms. The van der Waals surface area contributed by atoms with Gasteiger partial charge in [0.1, 0.15) is 10.4 Å². The quantitative estimate of drug-likeness (QED) is 0.725. The molecule has 1 amide bonds. The summed E-state index contributed by atoms with van der Waals surface area (Å²) < 4.78 is 1.56. The van der Waals surface area contributed by atoms with E-state index < -0.39 is 11.9 Å². The molecule has 0 aromatic carbocycles. The number of amides is 1. The fourth-order valence-corrected chi connectivity index (χ4v) is 3.53. The van der Waals surface area contributed by atoms with E-state index in [1.165, 1.54) is 29.2 Å². The number of aromatic nitrogens is 2. The van der Waals surface area contributed by atoms with Crippen molar-refractivity contribution in [1.82, 2.24) is 14.5 Å². The van der Waals surface area contributed by atoms with Crippen LogP contribution < -0.4 is 0 Å². The summed E-state index contributed by atoms with van der Waals surface area (Å²) in [6.45, 7) is -0.267. The Balaban J connectivity index is 2.03. The largest absolute Gasteiger partial charge is 0.476 e. The van der Waals surface area contributed by atoms with Crippen molar-refractivity contribution in [2.45, 2.75) is 5.37 Å². The van der Waals surface area contributed by atoms with E-state index in [0.29, 0.717) is 5.03 Å². The highest BCUT2D eigenvalue weighted by Crippen LogP contribution is 2.50. The van der Waals surface area contributed by atoms with Crippen LogP contribution in [0, 0.1) is 5.92 Å². The number of rotatable bonds is 3. The summed E-state index contributed by atoms with van der Waals surface area (Å²) in [5, 5.41) is 18.4. The van der Waals surface area contributed by atoms with Crippen LogP contribution in [-0.2, 0) is 9.59 Å². The Bertz CT molecular complexity index is 553. The van der Waals surface area contributed by atoms with Crippen LogP contribution in [-0.4, -0.2) is 48.5 Å². The summed E-state index contributed by atoms with van der Waals surface area (Å²) in [7, 11) is 0. The molecular formula is C10H9N3O4S. The summed E-state index contributed by atoms with van der Waals surface area (Å²) in [5.74, 6) is -2.02. The first-order valence-electron chi connectivity index (χ1n) is 5.21. The zero-order chi connectivity index (χ0) is 12.9. The van der Waals surface area contributed by atoms with Gasteiger partial charge in [-0.3, -0.25) is 14.3 Å². The van der Waals surface area contributed by atoms with Crippen LogP contribution in [0.1, 0.15) is 0 Å². The Morgan fingerprint density at radius 3 is 2.89 bits per heavy atom. The minimum absolute atomic E-state index is 0.0438. The molecule has 8 heteroatoms. The lowest BCUT2D eigenvalue weighted by molar-refractivity contribution is -0.153. The van der Waals surface area contributed by atoms with Crippen molar-refractivity contribution in [1.29, 1.82) is 0 Å². The van der Waals surface area contributed by atoms with Gasteiger partial charge in [0.05, 0.1) is 18.9 Å². The maximum Gasteiger partial charge on any atom is 0.355 e. The van der Waals surface area contributed by atoms with Crippen LogP contribution in [0.25, 0.3) is 5.03 Å². The number of carbonyl (C=O) groups excluding carboxylic acids is 1. The van der Waals surface area contributed by atoms with Crippen LogP contribution in [0.5, 0.6) is 0 Å².